The molecule has 2 rings (SSSR count). The summed E-state index contributed by atoms with van der Waals surface area (Å²) in [7, 11) is 0. The normalized spacial score (nSPS) is 13.5. The molecule has 1 aliphatic rings. The van der Waals surface area contributed by atoms with Crippen molar-refractivity contribution < 1.29 is 14.4 Å². The van der Waals surface area contributed by atoms with Gasteiger partial charge in [-0.3, -0.25) is 19.7 Å². The van der Waals surface area contributed by atoms with Crippen molar-refractivity contribution in [3.63, 3.8) is 0 Å². The summed E-state index contributed by atoms with van der Waals surface area (Å²) >= 11 is 0. The topological polar surface area (TPSA) is 75.3 Å². The van der Waals surface area contributed by atoms with E-state index in [1.165, 1.54) is 6.07 Å². The van der Waals surface area contributed by atoms with E-state index in [9.17, 15) is 14.4 Å². The standard InChI is InChI=1S/C13H14N2O3/c1-7(2)5-11(16)14-8-3-4-9-10(6-8)13(18)15-12(9)17/h3-4,6-7H,5H2,1-2H3,(H,14,16)(H,15,17,18). The Balaban J connectivity index is 2.18. The molecule has 0 saturated carbocycles. The summed E-state index contributed by atoms with van der Waals surface area (Å²) in [6.07, 6.45) is 0.419. The zero-order valence-corrected chi connectivity index (χ0v) is 10.2. The number of carbonyl (C=O) groups excluding carboxylic acids is 3. The van der Waals surface area contributed by atoms with Crippen LogP contribution in [0, 0.1) is 5.92 Å². The molecule has 5 nitrogen and oxygen atoms in total. The highest BCUT2D eigenvalue weighted by Crippen LogP contribution is 2.20. The second-order valence-corrected chi connectivity index (χ2v) is 4.69. The van der Waals surface area contributed by atoms with E-state index < -0.39 is 11.8 Å². The summed E-state index contributed by atoms with van der Waals surface area (Å²) < 4.78 is 0. The van der Waals surface area contributed by atoms with Gasteiger partial charge < -0.3 is 5.32 Å². The van der Waals surface area contributed by atoms with Gasteiger partial charge in [0.2, 0.25) is 5.91 Å². The smallest absolute Gasteiger partial charge is 0.259 e. The van der Waals surface area contributed by atoms with Crippen LogP contribution in [-0.4, -0.2) is 17.7 Å². The van der Waals surface area contributed by atoms with Crippen LogP contribution in [0.1, 0.15) is 41.0 Å². The lowest BCUT2D eigenvalue weighted by molar-refractivity contribution is -0.116. The Bertz CT molecular complexity index is 535. The number of amides is 3. The van der Waals surface area contributed by atoms with E-state index >= 15 is 0 Å². The van der Waals surface area contributed by atoms with Gasteiger partial charge in [-0.1, -0.05) is 13.8 Å². The van der Waals surface area contributed by atoms with Gasteiger partial charge in [-0.15, -0.1) is 0 Å². The molecule has 0 unspecified atom stereocenters. The Morgan fingerprint density at radius 2 is 1.89 bits per heavy atom. The largest absolute Gasteiger partial charge is 0.326 e. The number of benzene rings is 1. The SMILES string of the molecule is CC(C)CC(=O)Nc1ccc2c(c1)C(=O)NC2=O. The monoisotopic (exact) mass is 246 g/mol. The van der Waals surface area contributed by atoms with E-state index in [-0.39, 0.29) is 11.8 Å². The van der Waals surface area contributed by atoms with Gasteiger partial charge in [0.05, 0.1) is 11.1 Å². The van der Waals surface area contributed by atoms with Crippen molar-refractivity contribution in [2.24, 2.45) is 5.92 Å². The van der Waals surface area contributed by atoms with Crippen molar-refractivity contribution in [2.75, 3.05) is 5.32 Å². The summed E-state index contributed by atoms with van der Waals surface area (Å²) in [5.41, 5.74) is 1.19. The zero-order chi connectivity index (χ0) is 13.3. The average Bonchev–Trinajstić information content (AvgIpc) is 2.53. The summed E-state index contributed by atoms with van der Waals surface area (Å²) in [5.74, 6) is -0.649. The third kappa shape index (κ3) is 2.40. The zero-order valence-electron chi connectivity index (χ0n) is 10.2. The van der Waals surface area contributed by atoms with Crippen LogP contribution in [0.3, 0.4) is 0 Å². The minimum Gasteiger partial charge on any atom is -0.326 e. The number of imide groups is 1. The molecular formula is C13H14N2O3. The van der Waals surface area contributed by atoms with Gasteiger partial charge in [0.25, 0.3) is 11.8 Å². The Morgan fingerprint density at radius 3 is 2.56 bits per heavy atom. The predicted molar refractivity (Wildman–Crippen MR) is 66.3 cm³/mol. The number of hydrogen-bond acceptors (Lipinski definition) is 3. The summed E-state index contributed by atoms with van der Waals surface area (Å²) in [6, 6.07) is 4.68. The van der Waals surface area contributed by atoms with Gasteiger partial charge in [-0.05, 0) is 24.1 Å². The molecule has 0 aliphatic carbocycles. The molecule has 0 saturated heterocycles. The van der Waals surface area contributed by atoms with Crippen molar-refractivity contribution in [2.45, 2.75) is 20.3 Å². The van der Waals surface area contributed by atoms with E-state index in [1.54, 1.807) is 12.1 Å². The third-order valence-corrected chi connectivity index (χ3v) is 2.61. The van der Waals surface area contributed by atoms with Crippen molar-refractivity contribution >= 4 is 23.4 Å². The van der Waals surface area contributed by atoms with Gasteiger partial charge in [-0.25, -0.2) is 0 Å². The van der Waals surface area contributed by atoms with Crippen LogP contribution in [0.25, 0.3) is 0 Å². The highest BCUT2D eigenvalue weighted by atomic mass is 16.2. The first-order chi connectivity index (χ1) is 8.47. The second kappa shape index (κ2) is 4.60. The Kier molecular flexibility index (Phi) is 3.14. The third-order valence-electron chi connectivity index (χ3n) is 2.61. The Morgan fingerprint density at radius 1 is 1.22 bits per heavy atom. The van der Waals surface area contributed by atoms with Gasteiger partial charge >= 0.3 is 0 Å². The number of fused-ring (bicyclic) bond motifs is 1. The lowest BCUT2D eigenvalue weighted by Crippen LogP contribution is -2.19. The van der Waals surface area contributed by atoms with Crippen LogP contribution >= 0.6 is 0 Å². The lowest BCUT2D eigenvalue weighted by atomic mass is 10.1. The van der Waals surface area contributed by atoms with E-state index in [2.05, 4.69) is 10.6 Å². The second-order valence-electron chi connectivity index (χ2n) is 4.69. The maximum Gasteiger partial charge on any atom is 0.259 e. The fraction of sp³-hybridized carbons (Fsp3) is 0.308. The van der Waals surface area contributed by atoms with E-state index in [1.807, 2.05) is 13.8 Å². The number of hydrogen-bond donors (Lipinski definition) is 2. The Labute approximate surface area is 105 Å². The van der Waals surface area contributed by atoms with E-state index in [0.29, 0.717) is 23.2 Å². The highest BCUT2D eigenvalue weighted by Gasteiger charge is 2.26. The van der Waals surface area contributed by atoms with E-state index in [0.717, 1.165) is 0 Å². The predicted octanol–water partition coefficient (Wildman–Crippen LogP) is 1.55. The molecule has 1 aliphatic heterocycles. The molecule has 18 heavy (non-hydrogen) atoms. The highest BCUT2D eigenvalue weighted by molar-refractivity contribution is 6.22. The molecule has 5 heteroatoms. The molecule has 1 heterocycles. The quantitative estimate of drug-likeness (QED) is 0.794. The first-order valence-corrected chi connectivity index (χ1v) is 5.77. The fourth-order valence-corrected chi connectivity index (χ4v) is 1.83. The molecule has 0 bridgehead atoms. The molecule has 0 atom stereocenters. The van der Waals surface area contributed by atoms with Crippen molar-refractivity contribution in [1.82, 2.24) is 5.32 Å². The van der Waals surface area contributed by atoms with Gasteiger partial charge in [-0.2, -0.15) is 0 Å². The summed E-state index contributed by atoms with van der Waals surface area (Å²) in [5, 5.41) is 4.91. The van der Waals surface area contributed by atoms with Crippen molar-refractivity contribution in [3.05, 3.63) is 29.3 Å². The maximum atomic E-state index is 11.6. The fourth-order valence-electron chi connectivity index (χ4n) is 1.83. The number of carbonyl (C=O) groups is 3. The number of nitrogens with one attached hydrogen (secondary N) is 2. The molecule has 1 aromatic rings. The van der Waals surface area contributed by atoms with Crippen LogP contribution in [0.5, 0.6) is 0 Å². The van der Waals surface area contributed by atoms with Gasteiger partial charge in [0.1, 0.15) is 0 Å². The van der Waals surface area contributed by atoms with Crippen LogP contribution in [0.4, 0.5) is 5.69 Å². The number of rotatable bonds is 3. The van der Waals surface area contributed by atoms with E-state index in [4.69, 9.17) is 0 Å². The average molecular weight is 246 g/mol. The summed E-state index contributed by atoms with van der Waals surface area (Å²) in [4.78, 5) is 34.4. The molecule has 0 spiro atoms. The molecule has 0 radical (unpaired) electrons. The van der Waals surface area contributed by atoms with Crippen LogP contribution in [0.15, 0.2) is 18.2 Å². The van der Waals surface area contributed by atoms with Gasteiger partial charge in [0, 0.05) is 12.1 Å². The first-order valence-electron chi connectivity index (χ1n) is 5.77. The maximum absolute atomic E-state index is 11.6. The molecule has 0 aromatic heterocycles. The molecular weight excluding hydrogens is 232 g/mol. The van der Waals surface area contributed by atoms with Gasteiger partial charge in [0.15, 0.2) is 0 Å². The molecule has 2 N–H and O–H groups in total. The van der Waals surface area contributed by atoms with Crippen molar-refractivity contribution in [1.29, 1.82) is 0 Å². The summed E-state index contributed by atoms with van der Waals surface area (Å²) in [6.45, 7) is 3.91. The lowest BCUT2D eigenvalue weighted by Gasteiger charge is -2.07. The molecule has 3 amide bonds. The van der Waals surface area contributed by atoms with Crippen molar-refractivity contribution in [3.8, 4) is 0 Å². The Hall–Kier alpha value is -2.17. The van der Waals surface area contributed by atoms with Crippen LogP contribution < -0.4 is 10.6 Å². The molecule has 0 fully saturated rings. The molecule has 1 aromatic carbocycles. The van der Waals surface area contributed by atoms with Crippen LogP contribution in [0.2, 0.25) is 0 Å². The minimum atomic E-state index is -0.421. The minimum absolute atomic E-state index is 0.102. The first kappa shape index (κ1) is 12.3. The number of anilines is 1. The van der Waals surface area contributed by atoms with Crippen LogP contribution in [-0.2, 0) is 4.79 Å². The molecule has 94 valence electrons.